The van der Waals surface area contributed by atoms with Gasteiger partial charge < -0.3 is 10.4 Å². The molecular weight excluding hydrogens is 258 g/mol. The summed E-state index contributed by atoms with van der Waals surface area (Å²) in [6, 6.07) is 1.79. The second-order valence-electron chi connectivity index (χ2n) is 6.88. The molecule has 0 saturated carbocycles. The van der Waals surface area contributed by atoms with Crippen LogP contribution >= 0.6 is 0 Å². The van der Waals surface area contributed by atoms with Crippen LogP contribution in [0.3, 0.4) is 0 Å². The molecule has 0 saturated heterocycles. The summed E-state index contributed by atoms with van der Waals surface area (Å²) >= 11 is 0. The number of hydrogen-bond acceptors (Lipinski definition) is 3. The SMILES string of the molecule is CC(C)(CC(=O)O)CC(=O)Nc1cc(C(C)(C)C)[nH]n1. The van der Waals surface area contributed by atoms with Crippen molar-refractivity contribution < 1.29 is 14.7 Å². The number of aliphatic carboxylic acids is 1. The van der Waals surface area contributed by atoms with Crippen LogP contribution in [0, 0.1) is 5.41 Å². The number of aromatic nitrogens is 2. The van der Waals surface area contributed by atoms with Gasteiger partial charge in [-0.25, -0.2) is 0 Å². The van der Waals surface area contributed by atoms with E-state index in [1.807, 2.05) is 20.8 Å². The molecule has 0 unspecified atom stereocenters. The Balaban J connectivity index is 2.63. The molecule has 0 radical (unpaired) electrons. The number of carboxylic acids is 1. The molecule has 1 rings (SSSR count). The molecule has 6 nitrogen and oxygen atoms in total. The third-order valence-corrected chi connectivity index (χ3v) is 2.92. The number of hydrogen-bond donors (Lipinski definition) is 3. The first kappa shape index (κ1) is 16.2. The van der Waals surface area contributed by atoms with E-state index >= 15 is 0 Å². The fraction of sp³-hybridized carbons (Fsp3) is 0.643. The normalized spacial score (nSPS) is 12.2. The standard InChI is InChI=1S/C14H23N3O3/c1-13(2,3)9-6-10(17-16-9)15-11(18)7-14(4,5)8-12(19)20/h6H,7-8H2,1-5H3,(H,19,20)(H2,15,16,17,18). The number of aromatic amines is 1. The highest BCUT2D eigenvalue weighted by atomic mass is 16.4. The van der Waals surface area contributed by atoms with Gasteiger partial charge in [0.25, 0.3) is 0 Å². The quantitative estimate of drug-likeness (QED) is 0.773. The Bertz CT molecular complexity index is 498. The van der Waals surface area contributed by atoms with Gasteiger partial charge in [0.15, 0.2) is 5.82 Å². The van der Waals surface area contributed by atoms with Crippen molar-refractivity contribution in [2.24, 2.45) is 5.41 Å². The molecule has 20 heavy (non-hydrogen) atoms. The van der Waals surface area contributed by atoms with E-state index in [1.54, 1.807) is 19.9 Å². The number of amides is 1. The first-order valence-corrected chi connectivity index (χ1v) is 6.57. The number of carbonyl (C=O) groups excluding carboxylic acids is 1. The highest BCUT2D eigenvalue weighted by molar-refractivity contribution is 5.90. The molecule has 1 amide bonds. The predicted molar refractivity (Wildman–Crippen MR) is 76.6 cm³/mol. The van der Waals surface area contributed by atoms with Crippen molar-refractivity contribution in [3.8, 4) is 0 Å². The summed E-state index contributed by atoms with van der Waals surface area (Å²) in [5, 5.41) is 18.4. The molecule has 0 aromatic carbocycles. The molecule has 0 aliphatic rings. The minimum absolute atomic E-state index is 0.0474. The Kier molecular flexibility index (Phi) is 4.57. The Morgan fingerprint density at radius 3 is 2.30 bits per heavy atom. The van der Waals surface area contributed by atoms with E-state index in [-0.39, 0.29) is 24.2 Å². The molecule has 0 atom stereocenters. The lowest BCUT2D eigenvalue weighted by Crippen LogP contribution is -2.24. The van der Waals surface area contributed by atoms with E-state index in [9.17, 15) is 9.59 Å². The molecule has 0 aliphatic heterocycles. The molecule has 0 fully saturated rings. The summed E-state index contributed by atoms with van der Waals surface area (Å²) < 4.78 is 0. The number of H-pyrrole nitrogens is 1. The first-order valence-electron chi connectivity index (χ1n) is 6.57. The van der Waals surface area contributed by atoms with Gasteiger partial charge in [-0.3, -0.25) is 14.7 Å². The van der Waals surface area contributed by atoms with Crippen LogP contribution in [0.25, 0.3) is 0 Å². The number of rotatable bonds is 5. The smallest absolute Gasteiger partial charge is 0.303 e. The second kappa shape index (κ2) is 5.64. The van der Waals surface area contributed by atoms with Gasteiger partial charge in [-0.2, -0.15) is 5.10 Å². The minimum Gasteiger partial charge on any atom is -0.481 e. The van der Waals surface area contributed by atoms with E-state index in [1.165, 1.54) is 0 Å². The van der Waals surface area contributed by atoms with Gasteiger partial charge in [0.1, 0.15) is 0 Å². The maximum Gasteiger partial charge on any atom is 0.303 e. The summed E-state index contributed by atoms with van der Waals surface area (Å²) in [5.41, 5.74) is 0.273. The Labute approximate surface area is 119 Å². The summed E-state index contributed by atoms with van der Waals surface area (Å²) in [5.74, 6) is -0.674. The largest absolute Gasteiger partial charge is 0.481 e. The monoisotopic (exact) mass is 281 g/mol. The van der Waals surface area contributed by atoms with Crippen molar-refractivity contribution in [1.82, 2.24) is 10.2 Å². The average Bonchev–Trinajstić information content (AvgIpc) is 2.61. The van der Waals surface area contributed by atoms with E-state index in [4.69, 9.17) is 5.11 Å². The highest BCUT2D eigenvalue weighted by Gasteiger charge is 2.26. The van der Waals surface area contributed by atoms with Crippen LogP contribution in [-0.2, 0) is 15.0 Å². The van der Waals surface area contributed by atoms with Crippen molar-refractivity contribution in [1.29, 1.82) is 0 Å². The van der Waals surface area contributed by atoms with Crippen molar-refractivity contribution >= 4 is 17.7 Å². The molecule has 6 heteroatoms. The molecule has 112 valence electrons. The minimum atomic E-state index is -0.905. The van der Waals surface area contributed by atoms with E-state index < -0.39 is 11.4 Å². The third-order valence-electron chi connectivity index (χ3n) is 2.92. The predicted octanol–water partition coefficient (Wildman–Crippen LogP) is 2.54. The Morgan fingerprint density at radius 1 is 1.25 bits per heavy atom. The van der Waals surface area contributed by atoms with Crippen LogP contribution in [0.2, 0.25) is 0 Å². The zero-order chi connectivity index (χ0) is 15.6. The maximum atomic E-state index is 11.9. The van der Waals surface area contributed by atoms with E-state index in [0.717, 1.165) is 5.69 Å². The third kappa shape index (κ3) is 5.03. The zero-order valence-corrected chi connectivity index (χ0v) is 12.7. The van der Waals surface area contributed by atoms with E-state index in [2.05, 4.69) is 15.5 Å². The summed E-state index contributed by atoms with van der Waals surface area (Å²) in [6.45, 7) is 9.64. The topological polar surface area (TPSA) is 95.1 Å². The van der Waals surface area contributed by atoms with Gasteiger partial charge in [0.05, 0.1) is 6.42 Å². The van der Waals surface area contributed by atoms with Gasteiger partial charge in [-0.05, 0) is 5.41 Å². The highest BCUT2D eigenvalue weighted by Crippen LogP contribution is 2.26. The number of nitrogens with zero attached hydrogens (tertiary/aromatic N) is 1. The van der Waals surface area contributed by atoms with Crippen LogP contribution in [0.1, 0.15) is 53.2 Å². The molecule has 1 aromatic rings. The van der Waals surface area contributed by atoms with Gasteiger partial charge in [-0.1, -0.05) is 34.6 Å². The molecule has 0 aliphatic carbocycles. The fourth-order valence-electron chi connectivity index (χ4n) is 1.86. The van der Waals surface area contributed by atoms with Crippen LogP contribution in [-0.4, -0.2) is 27.2 Å². The summed E-state index contributed by atoms with van der Waals surface area (Å²) in [7, 11) is 0. The maximum absolute atomic E-state index is 11.9. The van der Waals surface area contributed by atoms with Crippen molar-refractivity contribution in [3.05, 3.63) is 11.8 Å². The number of anilines is 1. The van der Waals surface area contributed by atoms with Gasteiger partial charge in [0, 0.05) is 23.6 Å². The first-order chi connectivity index (χ1) is 8.99. The Hall–Kier alpha value is -1.85. The van der Waals surface area contributed by atoms with Crippen molar-refractivity contribution in [2.75, 3.05) is 5.32 Å². The lowest BCUT2D eigenvalue weighted by atomic mass is 9.85. The fourth-order valence-corrected chi connectivity index (χ4v) is 1.86. The number of carboxylic acid groups (broad SMARTS) is 1. The lowest BCUT2D eigenvalue weighted by Gasteiger charge is -2.21. The zero-order valence-electron chi connectivity index (χ0n) is 12.7. The van der Waals surface area contributed by atoms with Gasteiger partial charge in [-0.15, -0.1) is 0 Å². The number of nitrogens with one attached hydrogen (secondary N) is 2. The summed E-state index contributed by atoms with van der Waals surface area (Å²) in [4.78, 5) is 22.6. The van der Waals surface area contributed by atoms with Gasteiger partial charge in [0.2, 0.25) is 5.91 Å². The number of carbonyl (C=O) groups is 2. The molecule has 0 bridgehead atoms. The second-order valence-corrected chi connectivity index (χ2v) is 6.88. The summed E-state index contributed by atoms with van der Waals surface area (Å²) in [6.07, 6.45) is 0.0885. The molecular formula is C14H23N3O3. The lowest BCUT2D eigenvalue weighted by molar-refractivity contribution is -0.139. The Morgan fingerprint density at radius 2 is 1.85 bits per heavy atom. The average molecular weight is 281 g/mol. The molecule has 1 heterocycles. The molecule has 3 N–H and O–H groups in total. The van der Waals surface area contributed by atoms with Crippen LogP contribution in [0.4, 0.5) is 5.82 Å². The van der Waals surface area contributed by atoms with Crippen LogP contribution < -0.4 is 5.32 Å². The molecule has 0 spiro atoms. The van der Waals surface area contributed by atoms with Gasteiger partial charge >= 0.3 is 5.97 Å². The van der Waals surface area contributed by atoms with Crippen molar-refractivity contribution in [2.45, 2.75) is 52.9 Å². The van der Waals surface area contributed by atoms with Crippen molar-refractivity contribution in [3.63, 3.8) is 0 Å². The molecule has 1 aromatic heterocycles. The van der Waals surface area contributed by atoms with Crippen LogP contribution in [0.5, 0.6) is 0 Å². The van der Waals surface area contributed by atoms with E-state index in [0.29, 0.717) is 5.82 Å². The van der Waals surface area contributed by atoms with Crippen LogP contribution in [0.15, 0.2) is 6.07 Å².